The van der Waals surface area contributed by atoms with Crippen LogP contribution in [-0.4, -0.2) is 25.3 Å². The van der Waals surface area contributed by atoms with Crippen LogP contribution in [0.1, 0.15) is 11.1 Å². The van der Waals surface area contributed by atoms with Crippen LogP contribution >= 0.6 is 15.9 Å². The Balaban J connectivity index is 1.49. The predicted octanol–water partition coefficient (Wildman–Crippen LogP) is 3.68. The number of amides is 1. The van der Waals surface area contributed by atoms with Gasteiger partial charge in [0.2, 0.25) is 6.79 Å². The molecule has 0 aliphatic carbocycles. The monoisotopic (exact) mass is 417 g/mol. The number of carbonyl (C=O) groups is 2. The molecule has 1 amide bonds. The van der Waals surface area contributed by atoms with Crippen LogP contribution in [0.4, 0.5) is 5.69 Å². The van der Waals surface area contributed by atoms with E-state index in [0.29, 0.717) is 17.2 Å². The molecule has 1 aliphatic rings. The standard InChI is InChI=1S/C19H16BrNO5/c1-12-2-5-15(14(20)8-12)21-18(22)10-24-19(23)7-4-13-3-6-16-17(9-13)26-11-25-16/h2-9H,10-11H2,1H3,(H,21,22)/b7-4+. The van der Waals surface area contributed by atoms with Gasteiger partial charge in [0.05, 0.1) is 5.69 Å². The maximum absolute atomic E-state index is 11.9. The first kappa shape index (κ1) is 18.0. The number of fused-ring (bicyclic) bond motifs is 1. The van der Waals surface area contributed by atoms with E-state index in [1.54, 1.807) is 30.3 Å². The van der Waals surface area contributed by atoms with E-state index in [0.717, 1.165) is 15.6 Å². The first-order valence-corrected chi connectivity index (χ1v) is 8.61. The summed E-state index contributed by atoms with van der Waals surface area (Å²) in [4.78, 5) is 23.7. The van der Waals surface area contributed by atoms with Crippen molar-refractivity contribution in [3.05, 3.63) is 58.1 Å². The number of ether oxygens (including phenoxy) is 3. The predicted molar refractivity (Wildman–Crippen MR) is 100 cm³/mol. The van der Waals surface area contributed by atoms with E-state index in [1.165, 1.54) is 6.08 Å². The normalized spacial score (nSPS) is 12.2. The van der Waals surface area contributed by atoms with Gasteiger partial charge in [-0.3, -0.25) is 4.79 Å². The van der Waals surface area contributed by atoms with E-state index < -0.39 is 11.9 Å². The minimum Gasteiger partial charge on any atom is -0.454 e. The van der Waals surface area contributed by atoms with Crippen molar-refractivity contribution >= 4 is 39.6 Å². The average molecular weight is 418 g/mol. The minimum atomic E-state index is -0.610. The molecule has 6 nitrogen and oxygen atoms in total. The summed E-state index contributed by atoms with van der Waals surface area (Å²) in [7, 11) is 0. The molecule has 1 heterocycles. The summed E-state index contributed by atoms with van der Waals surface area (Å²) in [5, 5.41) is 2.68. The van der Waals surface area contributed by atoms with Gasteiger partial charge < -0.3 is 19.5 Å². The van der Waals surface area contributed by atoms with Crippen molar-refractivity contribution in [1.82, 2.24) is 0 Å². The van der Waals surface area contributed by atoms with Gasteiger partial charge in [0, 0.05) is 10.5 Å². The SMILES string of the molecule is Cc1ccc(NC(=O)COC(=O)/C=C/c2ccc3c(c2)OCO3)c(Br)c1. The molecule has 0 aromatic heterocycles. The van der Waals surface area contributed by atoms with E-state index in [1.807, 2.05) is 19.1 Å². The highest BCUT2D eigenvalue weighted by atomic mass is 79.9. The lowest BCUT2D eigenvalue weighted by Gasteiger charge is -2.08. The molecule has 0 radical (unpaired) electrons. The highest BCUT2D eigenvalue weighted by Gasteiger charge is 2.12. The fourth-order valence-corrected chi connectivity index (χ4v) is 2.87. The van der Waals surface area contributed by atoms with Gasteiger partial charge >= 0.3 is 5.97 Å². The van der Waals surface area contributed by atoms with E-state index in [-0.39, 0.29) is 13.4 Å². The Hall–Kier alpha value is -2.80. The second-order valence-corrected chi connectivity index (χ2v) is 6.44. The summed E-state index contributed by atoms with van der Waals surface area (Å²) in [5.74, 6) is 0.271. The number of rotatable bonds is 5. The van der Waals surface area contributed by atoms with E-state index in [9.17, 15) is 9.59 Å². The molecular weight excluding hydrogens is 402 g/mol. The largest absolute Gasteiger partial charge is 0.454 e. The number of hydrogen-bond donors (Lipinski definition) is 1. The van der Waals surface area contributed by atoms with E-state index in [2.05, 4.69) is 21.2 Å². The Morgan fingerprint density at radius 3 is 2.81 bits per heavy atom. The van der Waals surface area contributed by atoms with Gasteiger partial charge in [-0.1, -0.05) is 12.1 Å². The fraction of sp³-hybridized carbons (Fsp3) is 0.158. The number of esters is 1. The second-order valence-electron chi connectivity index (χ2n) is 5.59. The number of benzene rings is 2. The fourth-order valence-electron chi connectivity index (χ4n) is 2.27. The van der Waals surface area contributed by atoms with Crippen molar-refractivity contribution < 1.29 is 23.8 Å². The summed E-state index contributed by atoms with van der Waals surface area (Å²) in [5.41, 5.74) is 2.45. The molecule has 0 spiro atoms. The number of aryl methyl sites for hydroxylation is 1. The van der Waals surface area contributed by atoms with Gasteiger partial charge in [-0.05, 0) is 64.3 Å². The van der Waals surface area contributed by atoms with Crippen LogP contribution in [0.2, 0.25) is 0 Å². The van der Waals surface area contributed by atoms with Crippen LogP contribution < -0.4 is 14.8 Å². The molecule has 0 atom stereocenters. The van der Waals surface area contributed by atoms with E-state index in [4.69, 9.17) is 14.2 Å². The lowest BCUT2D eigenvalue weighted by Crippen LogP contribution is -2.20. The minimum absolute atomic E-state index is 0.191. The van der Waals surface area contributed by atoms with Crippen LogP contribution in [0.5, 0.6) is 11.5 Å². The Morgan fingerprint density at radius 2 is 2.00 bits per heavy atom. The molecule has 1 aliphatic heterocycles. The zero-order chi connectivity index (χ0) is 18.5. The molecular formula is C19H16BrNO5. The van der Waals surface area contributed by atoms with Crippen molar-refractivity contribution in [2.45, 2.75) is 6.92 Å². The van der Waals surface area contributed by atoms with Gasteiger partial charge in [-0.25, -0.2) is 4.79 Å². The molecule has 0 saturated heterocycles. The van der Waals surface area contributed by atoms with Gasteiger partial charge in [-0.2, -0.15) is 0 Å². The first-order chi connectivity index (χ1) is 12.5. The summed E-state index contributed by atoms with van der Waals surface area (Å²) >= 11 is 3.37. The quantitative estimate of drug-likeness (QED) is 0.593. The number of nitrogens with one attached hydrogen (secondary N) is 1. The summed E-state index contributed by atoms with van der Waals surface area (Å²) in [6.45, 7) is 1.77. The third-order valence-corrected chi connectivity index (χ3v) is 4.21. The Labute approximate surface area is 158 Å². The van der Waals surface area contributed by atoms with Crippen LogP contribution in [-0.2, 0) is 14.3 Å². The molecule has 0 bridgehead atoms. The summed E-state index contributed by atoms with van der Waals surface area (Å²) in [6, 6.07) is 10.8. The number of halogens is 1. The molecule has 134 valence electrons. The average Bonchev–Trinajstić information content (AvgIpc) is 3.08. The molecule has 7 heteroatoms. The van der Waals surface area contributed by atoms with Gasteiger partial charge in [0.1, 0.15) is 0 Å². The van der Waals surface area contributed by atoms with Crippen LogP contribution in [0.15, 0.2) is 46.9 Å². The molecule has 2 aromatic carbocycles. The molecule has 1 N–H and O–H groups in total. The first-order valence-electron chi connectivity index (χ1n) is 7.82. The van der Waals surface area contributed by atoms with Crippen molar-refractivity contribution in [2.24, 2.45) is 0 Å². The Kier molecular flexibility index (Phi) is 5.58. The van der Waals surface area contributed by atoms with Gasteiger partial charge in [-0.15, -0.1) is 0 Å². The highest BCUT2D eigenvalue weighted by molar-refractivity contribution is 9.10. The van der Waals surface area contributed by atoms with E-state index >= 15 is 0 Å². The lowest BCUT2D eigenvalue weighted by atomic mass is 10.2. The second kappa shape index (κ2) is 8.05. The van der Waals surface area contributed by atoms with Crippen molar-refractivity contribution in [3.63, 3.8) is 0 Å². The zero-order valence-electron chi connectivity index (χ0n) is 14.0. The lowest BCUT2D eigenvalue weighted by molar-refractivity contribution is -0.142. The molecule has 26 heavy (non-hydrogen) atoms. The molecule has 0 unspecified atom stereocenters. The molecule has 3 rings (SSSR count). The Morgan fingerprint density at radius 1 is 1.19 bits per heavy atom. The van der Waals surface area contributed by atoms with Crippen LogP contribution in [0.3, 0.4) is 0 Å². The summed E-state index contributed by atoms with van der Waals surface area (Å²) in [6.07, 6.45) is 2.84. The maximum Gasteiger partial charge on any atom is 0.331 e. The van der Waals surface area contributed by atoms with Crippen molar-refractivity contribution in [3.8, 4) is 11.5 Å². The van der Waals surface area contributed by atoms with Gasteiger partial charge in [0.15, 0.2) is 18.1 Å². The van der Waals surface area contributed by atoms with Crippen molar-refractivity contribution in [2.75, 3.05) is 18.7 Å². The smallest absolute Gasteiger partial charge is 0.331 e. The number of hydrogen-bond acceptors (Lipinski definition) is 5. The number of carbonyl (C=O) groups excluding carboxylic acids is 2. The number of anilines is 1. The Bertz CT molecular complexity index is 878. The topological polar surface area (TPSA) is 73.9 Å². The third kappa shape index (κ3) is 4.64. The molecule has 0 fully saturated rings. The van der Waals surface area contributed by atoms with Crippen LogP contribution in [0.25, 0.3) is 6.08 Å². The zero-order valence-corrected chi connectivity index (χ0v) is 15.5. The van der Waals surface area contributed by atoms with Gasteiger partial charge in [0.25, 0.3) is 5.91 Å². The molecule has 0 saturated carbocycles. The molecule has 2 aromatic rings. The van der Waals surface area contributed by atoms with Crippen LogP contribution in [0, 0.1) is 6.92 Å². The maximum atomic E-state index is 11.9. The highest BCUT2D eigenvalue weighted by Crippen LogP contribution is 2.32. The van der Waals surface area contributed by atoms with Crippen molar-refractivity contribution in [1.29, 1.82) is 0 Å². The summed E-state index contributed by atoms with van der Waals surface area (Å²) < 4.78 is 16.2. The third-order valence-electron chi connectivity index (χ3n) is 3.55.